The molecule has 3 aliphatic rings. The standard InChI is InChI=1S/C39H32N2/c1-39(2)35-24-30(40(27-14-6-3-7-15-27)28-16-8-4-9-17-28)22-23-31(35)33-25-34-32-20-12-13-21-37(32)41(38(34)26-36(33)39)29-18-10-5-11-19-29/h3-19,21-26,32H,20H2,1-2H3. The maximum Gasteiger partial charge on any atom is 0.0501 e. The zero-order valence-corrected chi connectivity index (χ0v) is 23.5. The number of rotatable bonds is 4. The highest BCUT2D eigenvalue weighted by Crippen LogP contribution is 2.57. The van der Waals surface area contributed by atoms with E-state index in [1.54, 1.807) is 0 Å². The van der Waals surface area contributed by atoms with Crippen molar-refractivity contribution < 1.29 is 0 Å². The van der Waals surface area contributed by atoms with Crippen molar-refractivity contribution in [1.82, 2.24) is 0 Å². The molecule has 0 radical (unpaired) electrons. The van der Waals surface area contributed by atoms with Gasteiger partial charge in [-0.25, -0.2) is 0 Å². The third-order valence-corrected chi connectivity index (χ3v) is 9.11. The van der Waals surface area contributed by atoms with Gasteiger partial charge in [-0.3, -0.25) is 0 Å². The predicted molar refractivity (Wildman–Crippen MR) is 172 cm³/mol. The van der Waals surface area contributed by atoms with Crippen molar-refractivity contribution in [1.29, 1.82) is 0 Å². The van der Waals surface area contributed by atoms with Gasteiger partial charge in [0.1, 0.15) is 0 Å². The van der Waals surface area contributed by atoms with E-state index in [2.05, 4.69) is 163 Å². The molecule has 0 amide bonds. The Balaban J connectivity index is 1.29. The van der Waals surface area contributed by atoms with Crippen molar-refractivity contribution in [3.8, 4) is 11.1 Å². The second-order valence-electron chi connectivity index (χ2n) is 11.8. The first-order valence-electron chi connectivity index (χ1n) is 14.6. The van der Waals surface area contributed by atoms with Crippen LogP contribution in [0.4, 0.5) is 28.4 Å². The van der Waals surface area contributed by atoms with Gasteiger partial charge in [-0.15, -0.1) is 0 Å². The van der Waals surface area contributed by atoms with Crippen LogP contribution >= 0.6 is 0 Å². The monoisotopic (exact) mass is 528 g/mol. The maximum atomic E-state index is 2.50. The second kappa shape index (κ2) is 9.11. The van der Waals surface area contributed by atoms with Crippen molar-refractivity contribution in [2.45, 2.75) is 31.6 Å². The Bertz CT molecular complexity index is 1790. The summed E-state index contributed by atoms with van der Waals surface area (Å²) in [6.45, 7) is 4.78. The molecular weight excluding hydrogens is 496 g/mol. The minimum atomic E-state index is -0.127. The average molecular weight is 529 g/mol. The van der Waals surface area contributed by atoms with E-state index in [0.717, 1.165) is 17.8 Å². The Labute approximate surface area is 242 Å². The van der Waals surface area contributed by atoms with Gasteiger partial charge in [0, 0.05) is 39.8 Å². The van der Waals surface area contributed by atoms with Crippen LogP contribution in [0.3, 0.4) is 0 Å². The van der Waals surface area contributed by atoms with Crippen LogP contribution in [0.15, 0.2) is 145 Å². The molecule has 1 aliphatic heterocycles. The fourth-order valence-corrected chi connectivity index (χ4v) is 7.13. The molecule has 198 valence electrons. The van der Waals surface area contributed by atoms with Gasteiger partial charge in [0.25, 0.3) is 0 Å². The average Bonchev–Trinajstić information content (AvgIpc) is 3.46. The molecule has 5 aromatic rings. The first kappa shape index (κ1) is 24.0. The van der Waals surface area contributed by atoms with Gasteiger partial charge < -0.3 is 9.80 Å². The van der Waals surface area contributed by atoms with E-state index >= 15 is 0 Å². The number of para-hydroxylation sites is 3. The zero-order valence-electron chi connectivity index (χ0n) is 23.5. The van der Waals surface area contributed by atoms with E-state index in [1.807, 2.05) is 0 Å². The third kappa shape index (κ3) is 3.64. The summed E-state index contributed by atoms with van der Waals surface area (Å²) in [6, 6.07) is 44.3. The molecule has 1 heterocycles. The minimum absolute atomic E-state index is 0.127. The van der Waals surface area contributed by atoms with Gasteiger partial charge in [-0.2, -0.15) is 0 Å². The van der Waals surface area contributed by atoms with E-state index in [-0.39, 0.29) is 5.41 Å². The van der Waals surface area contributed by atoms with E-state index in [1.165, 1.54) is 50.6 Å². The summed E-state index contributed by atoms with van der Waals surface area (Å²) in [7, 11) is 0. The Morgan fingerprint density at radius 3 is 1.98 bits per heavy atom. The summed E-state index contributed by atoms with van der Waals surface area (Å²) >= 11 is 0. The van der Waals surface area contributed by atoms with Gasteiger partial charge in [0.15, 0.2) is 0 Å². The SMILES string of the molecule is CC1(C)c2cc(N(c3ccccc3)c3ccccc3)ccc2-c2cc3c(cc21)N(c1ccccc1)C1=CC=CCC13. The highest BCUT2D eigenvalue weighted by molar-refractivity contribution is 5.90. The van der Waals surface area contributed by atoms with E-state index in [9.17, 15) is 0 Å². The largest absolute Gasteiger partial charge is 0.313 e. The lowest BCUT2D eigenvalue weighted by atomic mass is 9.81. The molecule has 0 N–H and O–H groups in total. The van der Waals surface area contributed by atoms with E-state index < -0.39 is 0 Å². The number of hydrogen-bond acceptors (Lipinski definition) is 2. The third-order valence-electron chi connectivity index (χ3n) is 9.11. The number of benzene rings is 5. The van der Waals surface area contributed by atoms with Crippen LogP contribution in [-0.4, -0.2) is 0 Å². The summed E-state index contributed by atoms with van der Waals surface area (Å²) in [5.74, 6) is 0.388. The summed E-state index contributed by atoms with van der Waals surface area (Å²) in [6.07, 6.45) is 7.87. The Morgan fingerprint density at radius 2 is 1.29 bits per heavy atom. The van der Waals surface area contributed by atoms with Crippen LogP contribution in [0.25, 0.3) is 11.1 Å². The number of anilines is 5. The van der Waals surface area contributed by atoms with Crippen LogP contribution in [0.1, 0.15) is 42.9 Å². The normalized spacial score (nSPS) is 17.4. The van der Waals surface area contributed by atoms with Crippen LogP contribution in [-0.2, 0) is 5.41 Å². The molecule has 2 aliphatic carbocycles. The molecule has 8 rings (SSSR count). The van der Waals surface area contributed by atoms with Crippen molar-refractivity contribution in [2.24, 2.45) is 0 Å². The molecule has 2 heteroatoms. The van der Waals surface area contributed by atoms with Crippen LogP contribution in [0.5, 0.6) is 0 Å². The van der Waals surface area contributed by atoms with E-state index in [4.69, 9.17) is 0 Å². The molecule has 1 atom stereocenters. The van der Waals surface area contributed by atoms with Crippen LogP contribution in [0.2, 0.25) is 0 Å². The summed E-state index contributed by atoms with van der Waals surface area (Å²) in [5, 5.41) is 0. The molecule has 2 nitrogen and oxygen atoms in total. The molecule has 0 saturated carbocycles. The van der Waals surface area contributed by atoms with Gasteiger partial charge in [-0.05, 0) is 101 Å². The van der Waals surface area contributed by atoms with Crippen LogP contribution in [0, 0.1) is 0 Å². The topological polar surface area (TPSA) is 6.48 Å². The highest BCUT2D eigenvalue weighted by Gasteiger charge is 2.41. The van der Waals surface area contributed by atoms with E-state index in [0.29, 0.717) is 5.92 Å². The lowest BCUT2D eigenvalue weighted by Gasteiger charge is -2.28. The quantitative estimate of drug-likeness (QED) is 0.229. The lowest BCUT2D eigenvalue weighted by Crippen LogP contribution is -2.18. The minimum Gasteiger partial charge on any atom is -0.313 e. The first-order chi connectivity index (χ1) is 20.1. The molecule has 41 heavy (non-hydrogen) atoms. The molecule has 0 spiro atoms. The fourth-order valence-electron chi connectivity index (χ4n) is 7.13. The molecule has 0 bridgehead atoms. The Hall–Kier alpha value is -4.82. The van der Waals surface area contributed by atoms with Crippen molar-refractivity contribution in [2.75, 3.05) is 9.80 Å². The zero-order chi connectivity index (χ0) is 27.6. The Kier molecular flexibility index (Phi) is 5.33. The van der Waals surface area contributed by atoms with Crippen molar-refractivity contribution in [3.63, 3.8) is 0 Å². The van der Waals surface area contributed by atoms with Crippen molar-refractivity contribution in [3.05, 3.63) is 162 Å². The second-order valence-corrected chi connectivity index (χ2v) is 11.8. The number of allylic oxidation sites excluding steroid dienone is 4. The van der Waals surface area contributed by atoms with Crippen molar-refractivity contribution >= 4 is 28.4 Å². The molecular formula is C39H32N2. The highest BCUT2D eigenvalue weighted by atomic mass is 15.2. The summed E-state index contributed by atoms with van der Waals surface area (Å²) in [5.41, 5.74) is 14.3. The van der Waals surface area contributed by atoms with Gasteiger partial charge in [-0.1, -0.05) is 86.7 Å². The number of fused-ring (bicyclic) bond motifs is 6. The Morgan fingerprint density at radius 1 is 0.659 bits per heavy atom. The molecule has 1 unspecified atom stereocenters. The molecule has 0 saturated heterocycles. The maximum absolute atomic E-state index is 2.50. The number of nitrogens with zero attached hydrogens (tertiary/aromatic N) is 2. The number of hydrogen-bond donors (Lipinski definition) is 0. The van der Waals surface area contributed by atoms with Gasteiger partial charge in [0.05, 0.1) is 5.69 Å². The molecule has 0 aromatic heterocycles. The summed E-state index contributed by atoms with van der Waals surface area (Å²) in [4.78, 5) is 4.85. The molecule has 0 fully saturated rings. The smallest absolute Gasteiger partial charge is 0.0501 e. The first-order valence-corrected chi connectivity index (χ1v) is 14.6. The lowest BCUT2D eigenvalue weighted by molar-refractivity contribution is 0.660. The summed E-state index contributed by atoms with van der Waals surface area (Å²) < 4.78 is 0. The van der Waals surface area contributed by atoms with Crippen LogP contribution < -0.4 is 9.80 Å². The van der Waals surface area contributed by atoms with Gasteiger partial charge in [0.2, 0.25) is 0 Å². The predicted octanol–water partition coefficient (Wildman–Crippen LogP) is 10.5. The fraction of sp³-hybridized carbons (Fsp3) is 0.128. The molecule has 5 aromatic carbocycles. The van der Waals surface area contributed by atoms with Gasteiger partial charge >= 0.3 is 0 Å².